The van der Waals surface area contributed by atoms with E-state index in [4.69, 9.17) is 0 Å². The zero-order chi connectivity index (χ0) is 19.0. The zero-order valence-electron chi connectivity index (χ0n) is 14.7. The number of rotatable bonds is 3. The lowest BCUT2D eigenvalue weighted by Gasteiger charge is -2.23. The second kappa shape index (κ2) is 6.72. The van der Waals surface area contributed by atoms with E-state index in [2.05, 4.69) is 6.19 Å². The molecule has 2 aromatic carbocycles. The van der Waals surface area contributed by atoms with Crippen LogP contribution in [0.5, 0.6) is 0 Å². The highest BCUT2D eigenvalue weighted by Gasteiger charge is 2.35. The summed E-state index contributed by atoms with van der Waals surface area (Å²) in [6, 6.07) is 12.1. The average Bonchev–Trinajstić information content (AvgIpc) is 3.33. The van der Waals surface area contributed by atoms with E-state index in [9.17, 15) is 20.2 Å². The first-order valence-corrected chi connectivity index (χ1v) is 8.88. The minimum atomic E-state index is -0.403. The number of carbonyl (C=O) groups is 1. The highest BCUT2D eigenvalue weighted by Crippen LogP contribution is 2.31. The van der Waals surface area contributed by atoms with Crippen molar-refractivity contribution in [2.45, 2.75) is 32.0 Å². The van der Waals surface area contributed by atoms with Gasteiger partial charge >= 0.3 is 0 Å². The van der Waals surface area contributed by atoms with E-state index in [-0.39, 0.29) is 17.6 Å². The third-order valence-corrected chi connectivity index (χ3v) is 5.30. The molecule has 136 valence electrons. The third-order valence-electron chi connectivity index (χ3n) is 5.30. The van der Waals surface area contributed by atoms with Crippen LogP contribution in [0, 0.1) is 21.6 Å². The van der Waals surface area contributed by atoms with Crippen LogP contribution in [0.15, 0.2) is 42.5 Å². The van der Waals surface area contributed by atoms with Gasteiger partial charge in [0.25, 0.3) is 5.69 Å². The van der Waals surface area contributed by atoms with Gasteiger partial charge in [-0.2, -0.15) is 5.26 Å². The quantitative estimate of drug-likeness (QED) is 0.475. The Labute approximate surface area is 156 Å². The largest absolute Gasteiger partial charge is 0.332 e. The Morgan fingerprint density at radius 3 is 2.70 bits per heavy atom. The summed E-state index contributed by atoms with van der Waals surface area (Å²) in [5.74, 6) is 0.00199. The summed E-state index contributed by atoms with van der Waals surface area (Å²) in [6.45, 7) is 1.69. The van der Waals surface area contributed by atoms with E-state index in [1.54, 1.807) is 21.9 Å². The number of non-ortho nitro benzene ring substituents is 1. The number of amides is 1. The minimum absolute atomic E-state index is 0.00199. The second-order valence-corrected chi connectivity index (χ2v) is 6.94. The number of likely N-dealkylation sites (tertiary alicyclic amines) is 1. The smallest absolute Gasteiger partial charge is 0.270 e. The number of nitro groups is 1. The maximum Gasteiger partial charge on any atom is 0.270 e. The molecule has 2 aliphatic rings. The predicted octanol–water partition coefficient (Wildman–Crippen LogP) is 3.05. The van der Waals surface area contributed by atoms with Gasteiger partial charge in [-0.1, -0.05) is 24.3 Å². The monoisotopic (exact) mass is 362 g/mol. The van der Waals surface area contributed by atoms with Crippen LogP contribution in [0.2, 0.25) is 0 Å². The fourth-order valence-electron chi connectivity index (χ4n) is 3.88. The fraction of sp³-hybridized carbons (Fsp3) is 0.300. The molecule has 7 heteroatoms. The molecule has 0 bridgehead atoms. The van der Waals surface area contributed by atoms with E-state index < -0.39 is 4.92 Å². The van der Waals surface area contributed by atoms with Crippen molar-refractivity contribution in [1.29, 1.82) is 5.26 Å². The zero-order valence-corrected chi connectivity index (χ0v) is 14.7. The van der Waals surface area contributed by atoms with Crippen molar-refractivity contribution in [1.82, 2.24) is 9.80 Å². The molecule has 0 spiro atoms. The van der Waals surface area contributed by atoms with Crippen LogP contribution in [-0.2, 0) is 17.9 Å². The number of fused-ring (bicyclic) bond motifs is 1. The molecule has 2 aromatic rings. The Morgan fingerprint density at radius 2 is 1.93 bits per heavy atom. The lowest BCUT2D eigenvalue weighted by Crippen LogP contribution is -2.41. The molecular formula is C20H18N4O3. The van der Waals surface area contributed by atoms with Crippen LogP contribution in [-0.4, -0.2) is 33.2 Å². The molecule has 1 saturated heterocycles. The Hall–Kier alpha value is -3.40. The highest BCUT2D eigenvalue weighted by molar-refractivity contribution is 5.83. The summed E-state index contributed by atoms with van der Waals surface area (Å²) >= 11 is 0. The van der Waals surface area contributed by atoms with E-state index >= 15 is 0 Å². The van der Waals surface area contributed by atoms with Crippen molar-refractivity contribution in [2.75, 3.05) is 6.54 Å². The number of nitriles is 1. The predicted molar refractivity (Wildman–Crippen MR) is 98.1 cm³/mol. The number of hydrogen-bond acceptors (Lipinski definition) is 5. The fourth-order valence-corrected chi connectivity index (χ4v) is 3.88. The van der Waals surface area contributed by atoms with Crippen molar-refractivity contribution < 1.29 is 9.72 Å². The maximum absolute atomic E-state index is 12.8. The second-order valence-electron chi connectivity index (χ2n) is 6.94. The molecule has 0 unspecified atom stereocenters. The minimum Gasteiger partial charge on any atom is -0.332 e. The molecule has 0 N–H and O–H groups in total. The summed E-state index contributed by atoms with van der Waals surface area (Å²) in [5.41, 5.74) is 3.87. The van der Waals surface area contributed by atoms with Gasteiger partial charge in [0.15, 0.2) is 6.19 Å². The summed E-state index contributed by atoms with van der Waals surface area (Å²) in [6.07, 6.45) is 3.70. The Bertz CT molecular complexity index is 966. The van der Waals surface area contributed by atoms with Crippen molar-refractivity contribution in [2.24, 2.45) is 0 Å². The first-order valence-electron chi connectivity index (χ1n) is 8.88. The lowest BCUT2D eigenvalue weighted by atomic mass is 10.0. The van der Waals surface area contributed by atoms with E-state index in [0.29, 0.717) is 19.6 Å². The van der Waals surface area contributed by atoms with E-state index in [1.165, 1.54) is 6.07 Å². The molecule has 1 fully saturated rings. The summed E-state index contributed by atoms with van der Waals surface area (Å²) < 4.78 is 0. The molecule has 4 rings (SSSR count). The van der Waals surface area contributed by atoms with Crippen LogP contribution < -0.4 is 0 Å². The van der Waals surface area contributed by atoms with Crippen LogP contribution in [0.1, 0.15) is 24.0 Å². The van der Waals surface area contributed by atoms with Crippen molar-refractivity contribution in [3.05, 3.63) is 63.7 Å². The third kappa shape index (κ3) is 3.10. The first kappa shape index (κ1) is 17.0. The number of nitrogens with zero attached hydrogens (tertiary/aromatic N) is 4. The number of nitro benzene ring substituents is 1. The summed E-state index contributed by atoms with van der Waals surface area (Å²) in [7, 11) is 0. The van der Waals surface area contributed by atoms with Gasteiger partial charge in [0.2, 0.25) is 5.91 Å². The van der Waals surface area contributed by atoms with Crippen LogP contribution in [0.4, 0.5) is 5.69 Å². The standard InChI is InChI=1S/C20H18N4O3/c21-13-22-8-2-5-19(22)20(25)23-11-16-7-6-15(9-17(16)12-23)14-3-1-4-18(10-14)24(26)27/h1,3-4,6-7,9-10,19H,2,5,8,11-12H2/t19-/m0/s1. The number of carbonyl (C=O) groups excluding carboxylic acids is 1. The lowest BCUT2D eigenvalue weighted by molar-refractivity contribution is -0.384. The summed E-state index contributed by atoms with van der Waals surface area (Å²) in [5, 5.41) is 20.2. The maximum atomic E-state index is 12.8. The molecule has 2 aliphatic heterocycles. The van der Waals surface area contributed by atoms with Gasteiger partial charge in [-0.15, -0.1) is 0 Å². The van der Waals surface area contributed by atoms with Gasteiger partial charge < -0.3 is 4.90 Å². The van der Waals surface area contributed by atoms with Crippen molar-refractivity contribution in [3.63, 3.8) is 0 Å². The van der Waals surface area contributed by atoms with Crippen molar-refractivity contribution >= 4 is 11.6 Å². The molecular weight excluding hydrogens is 344 g/mol. The average molecular weight is 362 g/mol. The van der Waals surface area contributed by atoms with Gasteiger partial charge in [0.1, 0.15) is 6.04 Å². The molecule has 0 aliphatic carbocycles. The number of hydrogen-bond donors (Lipinski definition) is 0. The Morgan fingerprint density at radius 1 is 1.15 bits per heavy atom. The van der Waals surface area contributed by atoms with Gasteiger partial charge in [0, 0.05) is 31.8 Å². The van der Waals surface area contributed by atoms with E-state index in [1.807, 2.05) is 24.3 Å². The first-order chi connectivity index (χ1) is 13.1. The molecule has 1 atom stereocenters. The SMILES string of the molecule is N#CN1CCC[C@H]1C(=O)N1Cc2ccc(-c3cccc([N+](=O)[O-])c3)cc2C1. The summed E-state index contributed by atoms with van der Waals surface area (Å²) in [4.78, 5) is 26.8. The Balaban J connectivity index is 1.55. The molecule has 1 amide bonds. The van der Waals surface area contributed by atoms with Gasteiger partial charge in [-0.3, -0.25) is 19.8 Å². The van der Waals surface area contributed by atoms with Gasteiger partial charge in [-0.25, -0.2) is 0 Å². The molecule has 0 radical (unpaired) electrons. The van der Waals surface area contributed by atoms with Crippen molar-refractivity contribution in [3.8, 4) is 17.3 Å². The molecule has 0 saturated carbocycles. The van der Waals surface area contributed by atoms with Crippen LogP contribution in [0.25, 0.3) is 11.1 Å². The normalized spacial score (nSPS) is 18.3. The van der Waals surface area contributed by atoms with Gasteiger partial charge in [0.05, 0.1) is 4.92 Å². The molecule has 2 heterocycles. The Kier molecular flexibility index (Phi) is 4.24. The van der Waals surface area contributed by atoms with E-state index in [0.717, 1.165) is 35.1 Å². The number of benzene rings is 2. The highest BCUT2D eigenvalue weighted by atomic mass is 16.6. The molecule has 27 heavy (non-hydrogen) atoms. The molecule has 0 aromatic heterocycles. The molecule has 7 nitrogen and oxygen atoms in total. The van der Waals surface area contributed by atoms with Crippen LogP contribution in [0.3, 0.4) is 0 Å². The van der Waals surface area contributed by atoms with Crippen LogP contribution >= 0.6 is 0 Å². The topological polar surface area (TPSA) is 90.5 Å². The van der Waals surface area contributed by atoms with Gasteiger partial charge in [-0.05, 0) is 41.2 Å².